The van der Waals surface area contributed by atoms with Crippen molar-refractivity contribution in [3.8, 4) is 0 Å². The summed E-state index contributed by atoms with van der Waals surface area (Å²) in [6.45, 7) is 4.98. The quantitative estimate of drug-likeness (QED) is 0.896. The third-order valence-electron chi connectivity index (χ3n) is 2.82. The van der Waals surface area contributed by atoms with Crippen molar-refractivity contribution in [2.24, 2.45) is 0 Å². The summed E-state index contributed by atoms with van der Waals surface area (Å²) in [7, 11) is -0.918. The van der Waals surface area contributed by atoms with E-state index in [1.54, 1.807) is 0 Å². The van der Waals surface area contributed by atoms with E-state index < -0.39 is 10.8 Å². The van der Waals surface area contributed by atoms with Crippen molar-refractivity contribution in [1.29, 1.82) is 0 Å². The van der Waals surface area contributed by atoms with Crippen LogP contribution in [0.1, 0.15) is 13.8 Å². The number of hydrogen-bond acceptors (Lipinski definition) is 2. The molecule has 18 heavy (non-hydrogen) atoms. The third kappa shape index (κ3) is 3.40. The average molecular weight is 261 g/mol. The molecule has 1 atom stereocenters. The minimum absolute atomic E-state index is 0.443. The largest absolute Gasteiger partial charge is 0.314 e. The molecular weight excluding hydrogens is 242 g/mol. The van der Waals surface area contributed by atoms with Crippen LogP contribution in [0.4, 0.5) is 0 Å². The van der Waals surface area contributed by atoms with Crippen molar-refractivity contribution in [1.82, 2.24) is 5.32 Å². The molecule has 1 N–H and O–H groups in total. The Hall–Kier alpha value is -1.19. The average Bonchev–Trinajstić information content (AvgIpc) is 2.37. The Labute approximate surface area is 111 Å². The van der Waals surface area contributed by atoms with Crippen LogP contribution in [0.5, 0.6) is 0 Å². The first-order valence-electron chi connectivity index (χ1n) is 6.27. The highest BCUT2D eigenvalue weighted by Crippen LogP contribution is 2.17. The third-order valence-corrected chi connectivity index (χ3v) is 4.18. The van der Waals surface area contributed by atoms with E-state index in [2.05, 4.69) is 31.3 Å². The molecule has 0 aliphatic heterocycles. The second-order valence-electron chi connectivity index (χ2n) is 4.67. The molecule has 0 bridgehead atoms. The topological polar surface area (TPSA) is 29.1 Å². The van der Waals surface area contributed by atoms with Gasteiger partial charge in [-0.15, -0.1) is 0 Å². The molecule has 0 aliphatic carbocycles. The van der Waals surface area contributed by atoms with Crippen molar-refractivity contribution >= 4 is 21.6 Å². The summed E-state index contributed by atoms with van der Waals surface area (Å²) in [6, 6.07) is 14.6. The number of benzene rings is 2. The number of rotatable bonds is 5. The molecule has 96 valence electrons. The van der Waals surface area contributed by atoms with Gasteiger partial charge < -0.3 is 5.32 Å². The van der Waals surface area contributed by atoms with E-state index in [1.165, 1.54) is 5.39 Å². The molecule has 1 unspecified atom stereocenters. The minimum Gasteiger partial charge on any atom is -0.314 e. The molecule has 2 aromatic rings. The Morgan fingerprint density at radius 3 is 2.56 bits per heavy atom. The molecule has 2 aromatic carbocycles. The van der Waals surface area contributed by atoms with E-state index in [-0.39, 0.29) is 0 Å². The number of nitrogens with one attached hydrogen (secondary N) is 1. The standard InChI is InChI=1S/C15H19NOS/c1-12(2)16-9-10-18(17)15-8-7-13-5-3-4-6-14(13)11-15/h3-8,11-12,16H,9-10H2,1-2H3. The normalized spacial score (nSPS) is 13.1. The van der Waals surface area contributed by atoms with E-state index in [0.29, 0.717) is 11.8 Å². The smallest absolute Gasteiger partial charge is 0.0542 e. The fourth-order valence-electron chi connectivity index (χ4n) is 1.87. The Morgan fingerprint density at radius 1 is 1.11 bits per heavy atom. The van der Waals surface area contributed by atoms with Crippen LogP contribution in [0.3, 0.4) is 0 Å². The summed E-state index contributed by atoms with van der Waals surface area (Å²) in [5, 5.41) is 5.64. The van der Waals surface area contributed by atoms with Crippen LogP contribution in [0, 0.1) is 0 Å². The molecule has 2 nitrogen and oxygen atoms in total. The molecule has 2 rings (SSSR count). The van der Waals surface area contributed by atoms with Gasteiger partial charge in [0.05, 0.1) is 10.8 Å². The van der Waals surface area contributed by atoms with Crippen molar-refractivity contribution < 1.29 is 4.21 Å². The van der Waals surface area contributed by atoms with Crippen molar-refractivity contribution in [2.45, 2.75) is 24.8 Å². The van der Waals surface area contributed by atoms with Crippen LogP contribution in [0.15, 0.2) is 47.4 Å². The van der Waals surface area contributed by atoms with E-state index >= 15 is 0 Å². The highest BCUT2D eigenvalue weighted by atomic mass is 32.2. The zero-order valence-electron chi connectivity index (χ0n) is 10.8. The van der Waals surface area contributed by atoms with Gasteiger partial charge in [0.25, 0.3) is 0 Å². The molecule has 0 aliphatic rings. The Bertz CT molecular complexity index is 551. The van der Waals surface area contributed by atoms with Crippen LogP contribution in [0.2, 0.25) is 0 Å². The second kappa shape index (κ2) is 6.12. The first-order valence-corrected chi connectivity index (χ1v) is 7.59. The molecule has 0 saturated carbocycles. The SMILES string of the molecule is CC(C)NCCS(=O)c1ccc2ccccc2c1. The highest BCUT2D eigenvalue weighted by Gasteiger charge is 2.04. The predicted octanol–water partition coefficient (Wildman–Crippen LogP) is 2.95. The Balaban J connectivity index is 2.08. The second-order valence-corrected chi connectivity index (χ2v) is 6.24. The van der Waals surface area contributed by atoms with Gasteiger partial charge in [0.1, 0.15) is 0 Å². The Morgan fingerprint density at radius 2 is 1.83 bits per heavy atom. The Kier molecular flexibility index (Phi) is 4.50. The van der Waals surface area contributed by atoms with Crippen LogP contribution in [-0.4, -0.2) is 22.5 Å². The van der Waals surface area contributed by atoms with Crippen LogP contribution in [0.25, 0.3) is 10.8 Å². The summed E-state index contributed by atoms with van der Waals surface area (Å²) < 4.78 is 12.1. The molecule has 0 amide bonds. The maximum Gasteiger partial charge on any atom is 0.0542 e. The molecule has 0 saturated heterocycles. The van der Waals surface area contributed by atoms with Gasteiger partial charge in [-0.05, 0) is 22.9 Å². The summed E-state index contributed by atoms with van der Waals surface area (Å²) in [5.41, 5.74) is 0. The van der Waals surface area contributed by atoms with Crippen LogP contribution in [-0.2, 0) is 10.8 Å². The monoisotopic (exact) mass is 261 g/mol. The van der Waals surface area contributed by atoms with Gasteiger partial charge >= 0.3 is 0 Å². The fraction of sp³-hybridized carbons (Fsp3) is 0.333. The number of hydrogen-bond donors (Lipinski definition) is 1. The maximum absolute atomic E-state index is 12.1. The first-order chi connectivity index (χ1) is 8.66. The van der Waals surface area contributed by atoms with Crippen LogP contribution < -0.4 is 5.32 Å². The zero-order chi connectivity index (χ0) is 13.0. The predicted molar refractivity (Wildman–Crippen MR) is 78.4 cm³/mol. The van der Waals surface area contributed by atoms with Crippen molar-refractivity contribution in [3.05, 3.63) is 42.5 Å². The van der Waals surface area contributed by atoms with Crippen molar-refractivity contribution in [2.75, 3.05) is 12.3 Å². The van der Waals surface area contributed by atoms with E-state index in [4.69, 9.17) is 0 Å². The summed E-state index contributed by atoms with van der Waals surface area (Å²) in [5.74, 6) is 0.663. The molecule has 3 heteroatoms. The molecule has 0 spiro atoms. The highest BCUT2D eigenvalue weighted by molar-refractivity contribution is 7.85. The number of fused-ring (bicyclic) bond motifs is 1. The lowest BCUT2D eigenvalue weighted by Crippen LogP contribution is -2.27. The summed E-state index contributed by atoms with van der Waals surface area (Å²) >= 11 is 0. The molecule has 0 aromatic heterocycles. The lowest BCUT2D eigenvalue weighted by molar-refractivity contribution is 0.610. The minimum atomic E-state index is -0.918. The van der Waals surface area contributed by atoms with Crippen LogP contribution >= 0.6 is 0 Å². The summed E-state index contributed by atoms with van der Waals surface area (Å²) in [6.07, 6.45) is 0. The van der Waals surface area contributed by atoms with Gasteiger partial charge in [-0.25, -0.2) is 0 Å². The van der Waals surface area contributed by atoms with Crippen molar-refractivity contribution in [3.63, 3.8) is 0 Å². The lowest BCUT2D eigenvalue weighted by atomic mass is 10.1. The lowest BCUT2D eigenvalue weighted by Gasteiger charge is -2.08. The first kappa shape index (κ1) is 13.2. The molecule has 0 radical (unpaired) electrons. The van der Waals surface area contributed by atoms with Gasteiger partial charge in [0.2, 0.25) is 0 Å². The van der Waals surface area contributed by atoms with Gasteiger partial charge in [0, 0.05) is 23.2 Å². The fourth-order valence-corrected chi connectivity index (χ4v) is 2.88. The molecule has 0 fully saturated rings. The van der Waals surface area contributed by atoms with Gasteiger partial charge in [0.15, 0.2) is 0 Å². The summed E-state index contributed by atoms with van der Waals surface area (Å²) in [4.78, 5) is 0.916. The van der Waals surface area contributed by atoms with E-state index in [1.807, 2.05) is 30.3 Å². The maximum atomic E-state index is 12.1. The molecule has 0 heterocycles. The molecular formula is C15H19NOS. The zero-order valence-corrected chi connectivity index (χ0v) is 11.7. The van der Waals surface area contributed by atoms with Gasteiger partial charge in [-0.2, -0.15) is 0 Å². The van der Waals surface area contributed by atoms with E-state index in [0.717, 1.165) is 16.8 Å². The van der Waals surface area contributed by atoms with Gasteiger partial charge in [-0.1, -0.05) is 44.2 Å². The van der Waals surface area contributed by atoms with E-state index in [9.17, 15) is 4.21 Å². The van der Waals surface area contributed by atoms with Gasteiger partial charge in [-0.3, -0.25) is 4.21 Å².